The molecule has 1 unspecified atom stereocenters. The summed E-state index contributed by atoms with van der Waals surface area (Å²) in [5.41, 5.74) is 6.91. The monoisotopic (exact) mass is 521 g/mol. The van der Waals surface area contributed by atoms with Crippen LogP contribution in [-0.2, 0) is 27.4 Å². The number of amides is 2. The molecule has 0 spiro atoms. The van der Waals surface area contributed by atoms with Crippen molar-refractivity contribution >= 4 is 17.5 Å². The maximum absolute atomic E-state index is 13.7. The summed E-state index contributed by atoms with van der Waals surface area (Å²) in [7, 11) is 0. The first-order valence-corrected chi connectivity index (χ1v) is 13.2. The summed E-state index contributed by atoms with van der Waals surface area (Å²) in [5.74, 6) is -0.447. The Morgan fingerprint density at radius 1 is 1.16 bits per heavy atom. The molecule has 2 aliphatic rings. The highest BCUT2D eigenvalue weighted by Gasteiger charge is 2.54. The van der Waals surface area contributed by atoms with Gasteiger partial charge in [0.05, 0.1) is 30.5 Å². The normalized spacial score (nSPS) is 21.6. The molecular formula is C29H39N5O4. The van der Waals surface area contributed by atoms with Crippen LogP contribution in [0.3, 0.4) is 0 Å². The fraction of sp³-hybridized carbons (Fsp3) is 0.483. The van der Waals surface area contributed by atoms with Crippen molar-refractivity contribution in [3.8, 4) is 0 Å². The molecule has 0 aromatic heterocycles. The van der Waals surface area contributed by atoms with Crippen molar-refractivity contribution in [2.24, 2.45) is 16.3 Å². The highest BCUT2D eigenvalue weighted by Crippen LogP contribution is 2.39. The summed E-state index contributed by atoms with van der Waals surface area (Å²) in [6, 6.07) is 18.8. The van der Waals surface area contributed by atoms with E-state index in [2.05, 4.69) is 10.4 Å². The summed E-state index contributed by atoms with van der Waals surface area (Å²) in [4.78, 5) is 28.3. The maximum atomic E-state index is 13.7. The number of piperidine rings is 1. The highest BCUT2D eigenvalue weighted by molar-refractivity contribution is 6.13. The number of ether oxygens (including phenoxy) is 1. The molecule has 204 valence electrons. The van der Waals surface area contributed by atoms with Crippen molar-refractivity contribution < 1.29 is 19.4 Å². The molecule has 2 amide bonds. The fourth-order valence-corrected chi connectivity index (χ4v) is 5.09. The second kappa shape index (κ2) is 11.7. The Bertz CT molecular complexity index is 1130. The lowest BCUT2D eigenvalue weighted by atomic mass is 9.73. The van der Waals surface area contributed by atoms with Crippen molar-refractivity contribution in [3.05, 3.63) is 71.8 Å². The van der Waals surface area contributed by atoms with E-state index in [4.69, 9.17) is 10.5 Å². The Kier molecular flexibility index (Phi) is 8.62. The Morgan fingerprint density at radius 3 is 2.39 bits per heavy atom. The second-order valence-electron chi connectivity index (χ2n) is 10.7. The minimum atomic E-state index is -1.13. The first-order valence-electron chi connectivity index (χ1n) is 13.2. The van der Waals surface area contributed by atoms with Gasteiger partial charge in [0.25, 0.3) is 5.91 Å². The van der Waals surface area contributed by atoms with Crippen LogP contribution < -0.4 is 11.1 Å². The van der Waals surface area contributed by atoms with E-state index in [0.717, 1.165) is 16.8 Å². The lowest BCUT2D eigenvalue weighted by Gasteiger charge is -2.43. The number of hydrazone groups is 1. The predicted octanol–water partition coefficient (Wildman–Crippen LogP) is 1.90. The smallest absolute Gasteiger partial charge is 0.256 e. The lowest BCUT2D eigenvalue weighted by molar-refractivity contribution is -0.141. The molecule has 0 aliphatic carbocycles. The zero-order chi connectivity index (χ0) is 27.3. The van der Waals surface area contributed by atoms with Crippen molar-refractivity contribution in [1.29, 1.82) is 0 Å². The largest absolute Gasteiger partial charge is 0.376 e. The van der Waals surface area contributed by atoms with Crippen molar-refractivity contribution in [2.45, 2.75) is 58.0 Å². The van der Waals surface area contributed by atoms with Crippen molar-refractivity contribution in [1.82, 2.24) is 15.2 Å². The van der Waals surface area contributed by atoms with Gasteiger partial charge in [0, 0.05) is 26.1 Å². The van der Waals surface area contributed by atoms with E-state index >= 15 is 0 Å². The first kappa shape index (κ1) is 27.9. The Morgan fingerprint density at radius 2 is 1.79 bits per heavy atom. The number of likely N-dealkylation sites (tertiary alicyclic amines) is 1. The number of nitrogens with zero attached hydrogens (tertiary/aromatic N) is 3. The molecular weight excluding hydrogens is 482 g/mol. The van der Waals surface area contributed by atoms with Crippen LogP contribution in [0.2, 0.25) is 0 Å². The predicted molar refractivity (Wildman–Crippen MR) is 146 cm³/mol. The average molecular weight is 522 g/mol. The topological polar surface area (TPSA) is 120 Å². The lowest BCUT2D eigenvalue weighted by Crippen LogP contribution is -2.63. The van der Waals surface area contributed by atoms with Gasteiger partial charge in [-0.1, -0.05) is 60.7 Å². The third-order valence-corrected chi connectivity index (χ3v) is 7.24. The molecule has 38 heavy (non-hydrogen) atoms. The quantitative estimate of drug-likeness (QED) is 0.415. The number of rotatable bonds is 11. The number of carbonyl (C=O) groups excluding carboxylic acids is 2. The Balaban J connectivity index is 1.55. The zero-order valence-electron chi connectivity index (χ0n) is 22.5. The number of aliphatic hydroxyl groups is 1. The van der Waals surface area contributed by atoms with Gasteiger partial charge in [-0.2, -0.15) is 5.10 Å². The van der Waals surface area contributed by atoms with Gasteiger partial charge in [-0.05, 0) is 38.3 Å². The number of nitrogens with one attached hydrogen (secondary N) is 1. The van der Waals surface area contributed by atoms with Gasteiger partial charge >= 0.3 is 0 Å². The van der Waals surface area contributed by atoms with Crippen LogP contribution in [-0.4, -0.2) is 76.6 Å². The van der Waals surface area contributed by atoms with E-state index in [9.17, 15) is 14.7 Å². The van der Waals surface area contributed by atoms with E-state index in [1.54, 1.807) is 13.8 Å². The summed E-state index contributed by atoms with van der Waals surface area (Å²) < 4.78 is 5.93. The van der Waals surface area contributed by atoms with E-state index < -0.39 is 29.1 Å². The van der Waals surface area contributed by atoms with Crippen LogP contribution in [0.5, 0.6) is 0 Å². The van der Waals surface area contributed by atoms with E-state index in [1.807, 2.05) is 72.5 Å². The van der Waals surface area contributed by atoms with Gasteiger partial charge in [0.15, 0.2) is 0 Å². The molecule has 0 saturated carbocycles. The van der Waals surface area contributed by atoms with Gasteiger partial charge in [-0.3, -0.25) is 14.5 Å². The third-order valence-electron chi connectivity index (χ3n) is 7.24. The Labute approximate surface area is 224 Å². The number of carbonyl (C=O) groups is 2. The molecule has 1 saturated heterocycles. The standard InChI is InChI=1S/C29H39N5O4/c1-4-34-27(37)29(17-21-11-7-5-8-12-21)20-33(16-15-24(29)32-34)25(35)23(31-26(36)28(2,3)30)19-38-18-22-13-9-6-10-14-22/h5-14,23,25,35H,4,15-20,30H2,1-3H3,(H,31,36)/t23?,25-,29+/m1/s1. The average Bonchev–Trinajstić information content (AvgIpc) is 3.18. The molecule has 0 radical (unpaired) electrons. The molecule has 2 aliphatic heterocycles. The van der Waals surface area contributed by atoms with Gasteiger partial charge < -0.3 is 20.9 Å². The van der Waals surface area contributed by atoms with Crippen molar-refractivity contribution in [3.63, 3.8) is 0 Å². The number of aliphatic hydroxyl groups excluding tert-OH is 1. The molecule has 9 nitrogen and oxygen atoms in total. The SMILES string of the molecule is CCN1N=C2CCN([C@H](O)C(COCc3ccccc3)NC(=O)C(C)(C)N)C[C@]2(Cc2ccccc2)C1=O. The summed E-state index contributed by atoms with van der Waals surface area (Å²) >= 11 is 0. The molecule has 2 heterocycles. The van der Waals surface area contributed by atoms with E-state index in [0.29, 0.717) is 32.5 Å². The minimum absolute atomic E-state index is 0.0558. The van der Waals surface area contributed by atoms with Crippen LogP contribution in [0.4, 0.5) is 0 Å². The highest BCUT2D eigenvalue weighted by atomic mass is 16.5. The number of fused-ring (bicyclic) bond motifs is 1. The van der Waals surface area contributed by atoms with Crippen LogP contribution in [0.15, 0.2) is 65.8 Å². The first-order chi connectivity index (χ1) is 18.1. The minimum Gasteiger partial charge on any atom is -0.376 e. The molecule has 0 bridgehead atoms. The second-order valence-corrected chi connectivity index (χ2v) is 10.7. The van der Waals surface area contributed by atoms with Crippen LogP contribution in [0.25, 0.3) is 0 Å². The van der Waals surface area contributed by atoms with Gasteiger partial charge in [0.1, 0.15) is 11.6 Å². The Hall–Kier alpha value is -3.11. The van der Waals surface area contributed by atoms with Gasteiger partial charge in [-0.25, -0.2) is 5.01 Å². The third kappa shape index (κ3) is 6.13. The van der Waals surface area contributed by atoms with Crippen molar-refractivity contribution in [2.75, 3.05) is 26.2 Å². The summed E-state index contributed by atoms with van der Waals surface area (Å²) in [6.45, 7) is 6.83. The number of nitrogens with two attached hydrogens (primary N) is 1. The molecule has 2 aromatic rings. The van der Waals surface area contributed by atoms with Gasteiger partial charge in [-0.15, -0.1) is 0 Å². The molecule has 3 atom stereocenters. The summed E-state index contributed by atoms with van der Waals surface area (Å²) in [6.07, 6.45) is -0.0578. The molecule has 4 rings (SSSR count). The molecule has 4 N–H and O–H groups in total. The molecule has 9 heteroatoms. The van der Waals surface area contributed by atoms with Crippen LogP contribution >= 0.6 is 0 Å². The fourth-order valence-electron chi connectivity index (χ4n) is 5.09. The maximum Gasteiger partial charge on any atom is 0.256 e. The van der Waals surface area contributed by atoms with E-state index in [1.165, 1.54) is 5.01 Å². The van der Waals surface area contributed by atoms with E-state index in [-0.39, 0.29) is 19.1 Å². The van der Waals surface area contributed by atoms with Gasteiger partial charge in [0.2, 0.25) is 5.91 Å². The number of benzene rings is 2. The molecule has 2 aromatic carbocycles. The van der Waals surface area contributed by atoms with Crippen LogP contribution in [0, 0.1) is 5.41 Å². The van der Waals surface area contributed by atoms with Crippen LogP contribution in [0.1, 0.15) is 38.3 Å². The molecule has 1 fully saturated rings. The zero-order valence-corrected chi connectivity index (χ0v) is 22.5. The number of hydrogen-bond donors (Lipinski definition) is 3. The summed E-state index contributed by atoms with van der Waals surface area (Å²) in [5, 5.41) is 20.7. The number of hydrogen-bond acceptors (Lipinski definition) is 7.